The number of hydrogen-bond donors (Lipinski definition) is 0. The fourth-order valence-corrected chi connectivity index (χ4v) is 3.91. The van der Waals surface area contributed by atoms with Gasteiger partial charge in [-0.25, -0.2) is 4.68 Å². The number of ether oxygens (including phenoxy) is 1. The van der Waals surface area contributed by atoms with Crippen LogP contribution in [0.5, 0.6) is 0 Å². The summed E-state index contributed by atoms with van der Waals surface area (Å²) in [6.45, 7) is 5.18. The van der Waals surface area contributed by atoms with Gasteiger partial charge in [-0.2, -0.15) is 5.10 Å². The Morgan fingerprint density at radius 3 is 2.88 bits per heavy atom. The molecule has 2 aromatic rings. The molecule has 2 fully saturated rings. The van der Waals surface area contributed by atoms with E-state index >= 15 is 0 Å². The number of aromatic nitrogens is 2. The molecule has 6 nitrogen and oxygen atoms in total. The van der Waals surface area contributed by atoms with Crippen LogP contribution in [0.4, 0.5) is 0 Å². The predicted molar refractivity (Wildman–Crippen MR) is 99.9 cm³/mol. The van der Waals surface area contributed by atoms with Crippen LogP contribution in [-0.4, -0.2) is 70.9 Å². The molecule has 2 aliphatic heterocycles. The Labute approximate surface area is 158 Å². The quantitative estimate of drug-likeness (QED) is 0.825. The maximum Gasteiger partial charge on any atom is 0.274 e. The van der Waals surface area contributed by atoms with Crippen molar-refractivity contribution in [3.63, 3.8) is 0 Å². The maximum absolute atomic E-state index is 13.0. The number of rotatable bonds is 4. The lowest BCUT2D eigenvalue weighted by atomic mass is 10.2. The van der Waals surface area contributed by atoms with Gasteiger partial charge in [0.05, 0.1) is 18.9 Å². The largest absolute Gasteiger partial charge is 0.379 e. The summed E-state index contributed by atoms with van der Waals surface area (Å²) >= 11 is 6.05. The number of carbonyl (C=O) groups is 1. The van der Waals surface area contributed by atoms with E-state index in [1.54, 1.807) is 10.7 Å². The van der Waals surface area contributed by atoms with Crippen LogP contribution in [0.15, 0.2) is 36.5 Å². The van der Waals surface area contributed by atoms with E-state index in [-0.39, 0.29) is 11.9 Å². The summed E-state index contributed by atoms with van der Waals surface area (Å²) in [5.74, 6) is 0.0153. The lowest BCUT2D eigenvalue weighted by Crippen LogP contribution is -2.46. The van der Waals surface area contributed by atoms with Gasteiger partial charge in [0.15, 0.2) is 5.69 Å². The van der Waals surface area contributed by atoms with Crippen molar-refractivity contribution in [2.24, 2.45) is 0 Å². The zero-order chi connectivity index (χ0) is 17.9. The molecule has 3 heterocycles. The Morgan fingerprint density at radius 2 is 2.08 bits per heavy atom. The first kappa shape index (κ1) is 17.5. The van der Waals surface area contributed by atoms with Crippen LogP contribution in [0.3, 0.4) is 0 Å². The number of amides is 1. The number of carbonyl (C=O) groups excluding carboxylic acids is 1. The summed E-state index contributed by atoms with van der Waals surface area (Å²) in [4.78, 5) is 17.4. The summed E-state index contributed by atoms with van der Waals surface area (Å²) in [5.41, 5.74) is 1.33. The first-order valence-electron chi connectivity index (χ1n) is 9.13. The van der Waals surface area contributed by atoms with Gasteiger partial charge in [0, 0.05) is 43.4 Å². The minimum atomic E-state index is 0.0153. The molecule has 1 aromatic heterocycles. The van der Waals surface area contributed by atoms with Crippen molar-refractivity contribution in [1.29, 1.82) is 0 Å². The molecular weight excluding hydrogens is 352 g/mol. The molecule has 1 unspecified atom stereocenters. The topological polar surface area (TPSA) is 50.6 Å². The van der Waals surface area contributed by atoms with Gasteiger partial charge in [-0.3, -0.25) is 9.69 Å². The Balaban J connectivity index is 1.46. The molecule has 0 spiro atoms. The van der Waals surface area contributed by atoms with E-state index in [4.69, 9.17) is 16.3 Å². The Morgan fingerprint density at radius 1 is 1.23 bits per heavy atom. The average Bonchev–Trinajstić information content (AvgIpc) is 3.32. The van der Waals surface area contributed by atoms with Gasteiger partial charge >= 0.3 is 0 Å². The summed E-state index contributed by atoms with van der Waals surface area (Å²) in [6.07, 6.45) is 3.92. The third kappa shape index (κ3) is 3.77. The van der Waals surface area contributed by atoms with Gasteiger partial charge in [0.2, 0.25) is 0 Å². The molecule has 4 rings (SSSR count). The van der Waals surface area contributed by atoms with E-state index in [9.17, 15) is 4.79 Å². The van der Waals surface area contributed by atoms with Crippen molar-refractivity contribution in [1.82, 2.24) is 19.6 Å². The molecule has 1 aromatic carbocycles. The van der Waals surface area contributed by atoms with Crippen molar-refractivity contribution in [2.75, 3.05) is 39.4 Å². The Bertz CT molecular complexity index is 772. The SMILES string of the molecule is O=C(c1ccn(-c2cccc(Cl)c2)n1)N1CCCC1CN1CCOCC1. The van der Waals surface area contributed by atoms with Gasteiger partial charge < -0.3 is 9.64 Å². The Kier molecular flexibility index (Phi) is 5.24. The molecule has 0 saturated carbocycles. The number of likely N-dealkylation sites (tertiary alicyclic amines) is 1. The molecule has 0 radical (unpaired) electrons. The second-order valence-corrected chi connectivity index (χ2v) is 7.27. The number of hydrogen-bond acceptors (Lipinski definition) is 4. The first-order valence-corrected chi connectivity index (χ1v) is 9.51. The lowest BCUT2D eigenvalue weighted by Gasteiger charge is -2.32. The van der Waals surface area contributed by atoms with Crippen LogP contribution in [0.25, 0.3) is 5.69 Å². The van der Waals surface area contributed by atoms with Crippen molar-refractivity contribution < 1.29 is 9.53 Å². The maximum atomic E-state index is 13.0. The predicted octanol–water partition coefficient (Wildman–Crippen LogP) is 2.46. The number of nitrogens with zero attached hydrogens (tertiary/aromatic N) is 4. The second kappa shape index (κ2) is 7.78. The molecule has 7 heteroatoms. The molecule has 1 atom stereocenters. The van der Waals surface area contributed by atoms with Crippen LogP contribution in [0, 0.1) is 0 Å². The van der Waals surface area contributed by atoms with Crippen LogP contribution < -0.4 is 0 Å². The van der Waals surface area contributed by atoms with Gasteiger partial charge in [-0.1, -0.05) is 17.7 Å². The Hall–Kier alpha value is -1.89. The van der Waals surface area contributed by atoms with Crippen LogP contribution >= 0.6 is 11.6 Å². The summed E-state index contributed by atoms with van der Waals surface area (Å²) in [6, 6.07) is 9.50. The van der Waals surface area contributed by atoms with Crippen LogP contribution in [-0.2, 0) is 4.74 Å². The summed E-state index contributed by atoms with van der Waals surface area (Å²) < 4.78 is 7.12. The summed E-state index contributed by atoms with van der Waals surface area (Å²) in [7, 11) is 0. The third-order valence-electron chi connectivity index (χ3n) is 5.09. The molecule has 0 aliphatic carbocycles. The minimum absolute atomic E-state index is 0.0153. The number of morpholine rings is 1. The highest BCUT2D eigenvalue weighted by Gasteiger charge is 2.32. The standard InChI is InChI=1S/C19H23ClN4O2/c20-15-3-1-4-16(13-15)24-8-6-18(21-24)19(25)23-7-2-5-17(23)14-22-9-11-26-12-10-22/h1,3-4,6,8,13,17H,2,5,7,9-12,14H2. The molecule has 1 amide bonds. The van der Waals surface area contributed by atoms with E-state index in [2.05, 4.69) is 10.00 Å². The van der Waals surface area contributed by atoms with E-state index in [0.29, 0.717) is 10.7 Å². The van der Waals surface area contributed by atoms with E-state index in [1.807, 2.05) is 35.4 Å². The van der Waals surface area contributed by atoms with E-state index < -0.39 is 0 Å². The molecular formula is C19H23ClN4O2. The highest BCUT2D eigenvalue weighted by molar-refractivity contribution is 6.30. The number of halogens is 1. The fraction of sp³-hybridized carbons (Fsp3) is 0.474. The van der Waals surface area contributed by atoms with Gasteiger partial charge in [0.1, 0.15) is 0 Å². The lowest BCUT2D eigenvalue weighted by molar-refractivity contribution is 0.0260. The van der Waals surface area contributed by atoms with Crippen LogP contribution in [0.1, 0.15) is 23.3 Å². The van der Waals surface area contributed by atoms with Crippen molar-refractivity contribution in [3.8, 4) is 5.69 Å². The van der Waals surface area contributed by atoms with Crippen molar-refractivity contribution in [2.45, 2.75) is 18.9 Å². The highest BCUT2D eigenvalue weighted by Crippen LogP contribution is 2.22. The summed E-state index contributed by atoms with van der Waals surface area (Å²) in [5, 5.41) is 5.13. The van der Waals surface area contributed by atoms with Gasteiger partial charge in [0.25, 0.3) is 5.91 Å². The molecule has 2 saturated heterocycles. The molecule has 0 bridgehead atoms. The number of benzene rings is 1. The average molecular weight is 375 g/mol. The zero-order valence-electron chi connectivity index (χ0n) is 14.7. The van der Waals surface area contributed by atoms with Crippen molar-refractivity contribution >= 4 is 17.5 Å². The normalized spacial score (nSPS) is 21.3. The molecule has 0 N–H and O–H groups in total. The van der Waals surface area contributed by atoms with Gasteiger partial charge in [-0.15, -0.1) is 0 Å². The fourth-order valence-electron chi connectivity index (χ4n) is 3.72. The van der Waals surface area contributed by atoms with Gasteiger partial charge in [-0.05, 0) is 37.1 Å². The molecule has 138 valence electrons. The van der Waals surface area contributed by atoms with E-state index in [1.165, 1.54) is 0 Å². The highest BCUT2D eigenvalue weighted by atomic mass is 35.5. The van der Waals surface area contributed by atoms with E-state index in [0.717, 1.165) is 57.9 Å². The molecule has 2 aliphatic rings. The monoisotopic (exact) mass is 374 g/mol. The van der Waals surface area contributed by atoms with Crippen LogP contribution in [0.2, 0.25) is 5.02 Å². The minimum Gasteiger partial charge on any atom is -0.379 e. The smallest absolute Gasteiger partial charge is 0.274 e. The molecule has 26 heavy (non-hydrogen) atoms. The zero-order valence-corrected chi connectivity index (χ0v) is 15.4. The second-order valence-electron chi connectivity index (χ2n) is 6.83. The third-order valence-corrected chi connectivity index (χ3v) is 5.33. The van der Waals surface area contributed by atoms with Crippen molar-refractivity contribution in [3.05, 3.63) is 47.2 Å². The first-order chi connectivity index (χ1) is 12.7.